The Bertz CT molecular complexity index is 383. The van der Waals surface area contributed by atoms with Gasteiger partial charge in [-0.3, -0.25) is 0 Å². The summed E-state index contributed by atoms with van der Waals surface area (Å²) < 4.78 is 0. The molecule has 1 fully saturated rings. The van der Waals surface area contributed by atoms with Crippen molar-refractivity contribution >= 4 is 21.6 Å². The van der Waals surface area contributed by atoms with Crippen molar-refractivity contribution in [3.05, 3.63) is 29.3 Å². The fraction of sp³-hybridized carbons (Fsp3) is 0.600. The minimum atomic E-state index is 0.588. The van der Waals surface area contributed by atoms with Crippen molar-refractivity contribution in [2.45, 2.75) is 45.0 Å². The van der Waals surface area contributed by atoms with E-state index in [0.717, 1.165) is 11.2 Å². The van der Waals surface area contributed by atoms with Crippen molar-refractivity contribution in [2.24, 2.45) is 5.92 Å². The molecule has 1 aliphatic rings. The molecule has 0 bridgehead atoms. The van der Waals surface area contributed by atoms with Gasteiger partial charge in [0.25, 0.3) is 0 Å². The van der Waals surface area contributed by atoms with Crippen LogP contribution in [0.1, 0.15) is 37.8 Å². The van der Waals surface area contributed by atoms with Gasteiger partial charge in [0.15, 0.2) is 0 Å². The average molecular weight is 296 g/mol. The SMILES string of the molecule is Cc1cc(N(CC2CC2)C(C)C)ccc1CBr. The third kappa shape index (κ3) is 3.25. The quantitative estimate of drug-likeness (QED) is 0.722. The lowest BCUT2D eigenvalue weighted by Crippen LogP contribution is -2.32. The largest absolute Gasteiger partial charge is 0.369 e. The summed E-state index contributed by atoms with van der Waals surface area (Å²) in [6, 6.07) is 7.44. The minimum Gasteiger partial charge on any atom is -0.369 e. The molecule has 0 amide bonds. The Morgan fingerprint density at radius 3 is 2.53 bits per heavy atom. The molecule has 0 radical (unpaired) electrons. The molecule has 1 aliphatic carbocycles. The lowest BCUT2D eigenvalue weighted by molar-refractivity contribution is 0.644. The van der Waals surface area contributed by atoms with E-state index in [1.807, 2.05) is 0 Å². The number of nitrogens with zero attached hydrogens (tertiary/aromatic N) is 1. The summed E-state index contributed by atoms with van der Waals surface area (Å²) in [5.74, 6) is 0.938. The Morgan fingerprint density at radius 1 is 1.35 bits per heavy atom. The van der Waals surface area contributed by atoms with Gasteiger partial charge in [0.05, 0.1) is 0 Å². The van der Waals surface area contributed by atoms with Crippen LogP contribution in [0.5, 0.6) is 0 Å². The van der Waals surface area contributed by atoms with Crippen LogP contribution in [0.15, 0.2) is 18.2 Å². The predicted molar refractivity (Wildman–Crippen MR) is 79.0 cm³/mol. The van der Waals surface area contributed by atoms with Crippen LogP contribution < -0.4 is 4.90 Å². The summed E-state index contributed by atoms with van der Waals surface area (Å²) in [5, 5.41) is 0.948. The number of anilines is 1. The normalized spacial score (nSPS) is 15.4. The summed E-state index contributed by atoms with van der Waals surface area (Å²) in [4.78, 5) is 2.54. The van der Waals surface area contributed by atoms with E-state index in [0.29, 0.717) is 6.04 Å². The van der Waals surface area contributed by atoms with Crippen molar-refractivity contribution in [1.29, 1.82) is 0 Å². The maximum absolute atomic E-state index is 3.54. The van der Waals surface area contributed by atoms with Crippen LogP contribution >= 0.6 is 15.9 Å². The highest BCUT2D eigenvalue weighted by atomic mass is 79.9. The van der Waals surface area contributed by atoms with E-state index in [1.165, 1.54) is 36.2 Å². The zero-order valence-corrected chi connectivity index (χ0v) is 12.6. The topological polar surface area (TPSA) is 3.24 Å². The van der Waals surface area contributed by atoms with E-state index in [-0.39, 0.29) is 0 Å². The van der Waals surface area contributed by atoms with Gasteiger partial charge in [-0.2, -0.15) is 0 Å². The molecule has 2 heteroatoms. The zero-order valence-electron chi connectivity index (χ0n) is 11.0. The zero-order chi connectivity index (χ0) is 12.4. The first-order chi connectivity index (χ1) is 8.11. The highest BCUT2D eigenvalue weighted by Gasteiger charge is 2.25. The van der Waals surface area contributed by atoms with Crippen molar-refractivity contribution in [3.8, 4) is 0 Å². The van der Waals surface area contributed by atoms with Gasteiger partial charge in [-0.05, 0) is 62.8 Å². The average Bonchev–Trinajstić information content (AvgIpc) is 3.09. The maximum Gasteiger partial charge on any atom is 0.0371 e. The highest BCUT2D eigenvalue weighted by Crippen LogP contribution is 2.33. The molecule has 0 aromatic heterocycles. The summed E-state index contributed by atoms with van der Waals surface area (Å²) in [6.07, 6.45) is 2.84. The molecule has 0 heterocycles. The van der Waals surface area contributed by atoms with E-state index < -0.39 is 0 Å². The molecule has 17 heavy (non-hydrogen) atoms. The van der Waals surface area contributed by atoms with Gasteiger partial charge in [0, 0.05) is 23.6 Å². The summed E-state index contributed by atoms with van der Waals surface area (Å²) in [7, 11) is 0. The second kappa shape index (κ2) is 5.43. The summed E-state index contributed by atoms with van der Waals surface area (Å²) in [6.45, 7) is 8.01. The number of halogens is 1. The molecule has 2 rings (SSSR count). The van der Waals surface area contributed by atoms with Gasteiger partial charge in [0.2, 0.25) is 0 Å². The smallest absolute Gasteiger partial charge is 0.0371 e. The molecule has 0 saturated heterocycles. The predicted octanol–water partition coefficient (Wildman–Crippen LogP) is 4.51. The summed E-state index contributed by atoms with van der Waals surface area (Å²) in [5.41, 5.74) is 4.17. The van der Waals surface area contributed by atoms with Gasteiger partial charge in [-0.1, -0.05) is 22.0 Å². The first-order valence-electron chi connectivity index (χ1n) is 6.54. The number of aryl methyl sites for hydroxylation is 1. The van der Waals surface area contributed by atoms with E-state index in [1.54, 1.807) is 0 Å². The van der Waals surface area contributed by atoms with Gasteiger partial charge >= 0.3 is 0 Å². The van der Waals surface area contributed by atoms with Gasteiger partial charge in [-0.15, -0.1) is 0 Å². The Kier molecular flexibility index (Phi) is 4.13. The third-order valence-corrected chi connectivity index (χ3v) is 4.18. The third-order valence-electron chi connectivity index (χ3n) is 3.58. The minimum absolute atomic E-state index is 0.588. The molecule has 1 aromatic carbocycles. The van der Waals surface area contributed by atoms with Crippen molar-refractivity contribution in [3.63, 3.8) is 0 Å². The van der Waals surface area contributed by atoms with Gasteiger partial charge in [-0.25, -0.2) is 0 Å². The molecule has 0 spiro atoms. The Morgan fingerprint density at radius 2 is 2.06 bits per heavy atom. The highest BCUT2D eigenvalue weighted by molar-refractivity contribution is 9.08. The van der Waals surface area contributed by atoms with E-state index >= 15 is 0 Å². The van der Waals surface area contributed by atoms with Crippen LogP contribution in [0.25, 0.3) is 0 Å². The van der Waals surface area contributed by atoms with E-state index in [4.69, 9.17) is 0 Å². The maximum atomic E-state index is 3.54. The Balaban J connectivity index is 2.19. The second-order valence-corrected chi connectivity index (χ2v) is 5.99. The number of hydrogen-bond acceptors (Lipinski definition) is 1. The van der Waals surface area contributed by atoms with Gasteiger partial charge < -0.3 is 4.90 Å². The lowest BCUT2D eigenvalue weighted by atomic mass is 10.1. The first-order valence-corrected chi connectivity index (χ1v) is 7.66. The number of rotatable bonds is 5. The fourth-order valence-corrected chi connectivity index (χ4v) is 2.83. The van der Waals surface area contributed by atoms with Crippen LogP contribution in [0, 0.1) is 12.8 Å². The standard InChI is InChI=1S/C15H22BrN/c1-11(2)17(10-13-4-5-13)15-7-6-14(9-16)12(3)8-15/h6-8,11,13H,4-5,9-10H2,1-3H3. The number of alkyl halides is 1. The van der Waals surface area contributed by atoms with Crippen molar-refractivity contribution in [2.75, 3.05) is 11.4 Å². The molecule has 1 aromatic rings. The molecule has 0 unspecified atom stereocenters. The van der Waals surface area contributed by atoms with Crippen LogP contribution in [-0.4, -0.2) is 12.6 Å². The molecule has 1 saturated carbocycles. The molecule has 1 nitrogen and oxygen atoms in total. The molecule has 0 N–H and O–H groups in total. The van der Waals surface area contributed by atoms with E-state index in [9.17, 15) is 0 Å². The first kappa shape index (κ1) is 12.9. The molecule has 0 aliphatic heterocycles. The summed E-state index contributed by atoms with van der Waals surface area (Å²) >= 11 is 3.54. The van der Waals surface area contributed by atoms with Crippen molar-refractivity contribution in [1.82, 2.24) is 0 Å². The lowest BCUT2D eigenvalue weighted by Gasteiger charge is -2.29. The van der Waals surface area contributed by atoms with Crippen LogP contribution in [-0.2, 0) is 5.33 Å². The molecule has 0 atom stereocenters. The van der Waals surface area contributed by atoms with Crippen LogP contribution in [0.4, 0.5) is 5.69 Å². The second-order valence-electron chi connectivity index (χ2n) is 5.43. The van der Waals surface area contributed by atoms with Gasteiger partial charge in [0.1, 0.15) is 0 Å². The molecule has 94 valence electrons. The molecular formula is C15H22BrN. The van der Waals surface area contributed by atoms with Crippen LogP contribution in [0.3, 0.4) is 0 Å². The fourth-order valence-electron chi connectivity index (χ4n) is 2.20. The van der Waals surface area contributed by atoms with Crippen molar-refractivity contribution < 1.29 is 0 Å². The Labute approximate surface area is 113 Å². The Hall–Kier alpha value is -0.500. The van der Waals surface area contributed by atoms with Crippen LogP contribution in [0.2, 0.25) is 0 Å². The number of benzene rings is 1. The van der Waals surface area contributed by atoms with E-state index in [2.05, 4.69) is 59.8 Å². The monoisotopic (exact) mass is 295 g/mol. The number of hydrogen-bond donors (Lipinski definition) is 0. The molecular weight excluding hydrogens is 274 g/mol.